The molecule has 1 aromatic carbocycles. The van der Waals surface area contributed by atoms with Crippen molar-refractivity contribution in [3.63, 3.8) is 0 Å². The van der Waals surface area contributed by atoms with Crippen molar-refractivity contribution in [2.24, 2.45) is 0 Å². The van der Waals surface area contributed by atoms with E-state index in [9.17, 15) is 13.2 Å². The average molecular weight is 364 g/mol. The highest BCUT2D eigenvalue weighted by Crippen LogP contribution is 2.16. The second-order valence-electron chi connectivity index (χ2n) is 5.72. The third-order valence-corrected chi connectivity index (χ3v) is 6.87. The third kappa shape index (κ3) is 4.03. The van der Waals surface area contributed by atoms with E-state index in [2.05, 4.69) is 0 Å². The second-order valence-corrected chi connectivity index (χ2v) is 8.76. The molecule has 2 heterocycles. The van der Waals surface area contributed by atoms with E-state index in [4.69, 9.17) is 0 Å². The Balaban J connectivity index is 1.54. The zero-order chi connectivity index (χ0) is 17.0. The van der Waals surface area contributed by atoms with Crippen molar-refractivity contribution in [1.29, 1.82) is 0 Å². The van der Waals surface area contributed by atoms with E-state index in [1.165, 1.54) is 15.6 Å². The fraction of sp³-hybridized carbons (Fsp3) is 0.353. The summed E-state index contributed by atoms with van der Waals surface area (Å²) < 4.78 is 26.5. The van der Waals surface area contributed by atoms with E-state index in [0.29, 0.717) is 37.5 Å². The van der Waals surface area contributed by atoms with Gasteiger partial charge in [-0.1, -0.05) is 36.4 Å². The number of aryl methyl sites for hydroxylation is 1. The minimum Gasteiger partial charge on any atom is -0.335 e. The SMILES string of the molecule is O=C(c1cccs1)N1CCN(S(=O)(=O)CCc2ccccc2)CC1. The quantitative estimate of drug-likeness (QED) is 0.816. The van der Waals surface area contributed by atoms with Crippen LogP contribution in [0.25, 0.3) is 0 Å². The van der Waals surface area contributed by atoms with Crippen LogP contribution >= 0.6 is 11.3 Å². The second kappa shape index (κ2) is 7.46. The Bertz CT molecular complexity index is 765. The first-order chi connectivity index (χ1) is 11.6. The monoisotopic (exact) mass is 364 g/mol. The van der Waals surface area contributed by atoms with Gasteiger partial charge in [0.15, 0.2) is 0 Å². The summed E-state index contributed by atoms with van der Waals surface area (Å²) in [6, 6.07) is 13.3. The van der Waals surface area contributed by atoms with Crippen molar-refractivity contribution in [2.75, 3.05) is 31.9 Å². The van der Waals surface area contributed by atoms with Gasteiger partial charge in [0.1, 0.15) is 0 Å². The van der Waals surface area contributed by atoms with Crippen LogP contribution in [0.15, 0.2) is 47.8 Å². The highest BCUT2D eigenvalue weighted by molar-refractivity contribution is 7.89. The number of carbonyl (C=O) groups excluding carboxylic acids is 1. The van der Waals surface area contributed by atoms with Gasteiger partial charge in [-0.3, -0.25) is 4.79 Å². The minimum absolute atomic E-state index is 0.00802. The molecule has 1 aliphatic rings. The molecule has 0 saturated carbocycles. The average Bonchev–Trinajstić information content (AvgIpc) is 3.15. The van der Waals surface area contributed by atoms with Crippen molar-refractivity contribution < 1.29 is 13.2 Å². The largest absolute Gasteiger partial charge is 0.335 e. The number of hydrogen-bond donors (Lipinski definition) is 0. The molecule has 128 valence electrons. The van der Waals surface area contributed by atoms with Crippen molar-refractivity contribution in [3.05, 3.63) is 58.3 Å². The first-order valence-electron chi connectivity index (χ1n) is 7.91. The molecule has 0 aliphatic carbocycles. The number of amides is 1. The number of nitrogens with zero attached hydrogens (tertiary/aromatic N) is 2. The molecule has 2 aromatic rings. The molecule has 1 aliphatic heterocycles. The first kappa shape index (κ1) is 17.1. The summed E-state index contributed by atoms with van der Waals surface area (Å²) in [6.07, 6.45) is 0.511. The van der Waals surface area contributed by atoms with Crippen molar-refractivity contribution in [1.82, 2.24) is 9.21 Å². The fourth-order valence-corrected chi connectivity index (χ4v) is 4.91. The normalized spacial score (nSPS) is 16.2. The van der Waals surface area contributed by atoms with Gasteiger partial charge in [-0.2, -0.15) is 4.31 Å². The smallest absolute Gasteiger partial charge is 0.264 e. The lowest BCUT2D eigenvalue weighted by atomic mass is 10.2. The standard InChI is InChI=1S/C17H20N2O3S2/c20-17(16-7-4-13-23-16)18-9-11-19(12-10-18)24(21,22)14-8-15-5-2-1-3-6-15/h1-7,13H,8-12,14H2. The third-order valence-electron chi connectivity index (χ3n) is 4.14. The Labute approximate surface area is 146 Å². The Morgan fingerprint density at radius 2 is 1.71 bits per heavy atom. The highest BCUT2D eigenvalue weighted by atomic mass is 32.2. The molecule has 0 bridgehead atoms. The summed E-state index contributed by atoms with van der Waals surface area (Å²) in [4.78, 5) is 14.7. The molecule has 0 atom stereocenters. The number of benzene rings is 1. The first-order valence-corrected chi connectivity index (χ1v) is 10.4. The van der Waals surface area contributed by atoms with Crippen LogP contribution in [0.2, 0.25) is 0 Å². The molecule has 3 rings (SSSR count). The van der Waals surface area contributed by atoms with Crippen LogP contribution in [-0.2, 0) is 16.4 Å². The zero-order valence-electron chi connectivity index (χ0n) is 13.3. The molecule has 7 heteroatoms. The van der Waals surface area contributed by atoms with Gasteiger partial charge in [0.05, 0.1) is 10.6 Å². The molecule has 5 nitrogen and oxygen atoms in total. The van der Waals surface area contributed by atoms with Crippen molar-refractivity contribution in [2.45, 2.75) is 6.42 Å². The lowest BCUT2D eigenvalue weighted by Gasteiger charge is -2.33. The predicted molar refractivity (Wildman–Crippen MR) is 95.7 cm³/mol. The van der Waals surface area contributed by atoms with Gasteiger partial charge < -0.3 is 4.90 Å². The minimum atomic E-state index is -3.29. The van der Waals surface area contributed by atoms with Crippen molar-refractivity contribution >= 4 is 27.3 Å². The Kier molecular flexibility index (Phi) is 5.33. The van der Waals surface area contributed by atoms with Crippen LogP contribution < -0.4 is 0 Å². The molecule has 1 aromatic heterocycles. The molecular formula is C17H20N2O3S2. The molecule has 0 radical (unpaired) electrons. The lowest BCUT2D eigenvalue weighted by molar-refractivity contribution is 0.0703. The molecule has 0 N–H and O–H groups in total. The molecule has 1 fully saturated rings. The van der Waals surface area contributed by atoms with Crippen molar-refractivity contribution in [3.8, 4) is 0 Å². The number of sulfonamides is 1. The summed E-state index contributed by atoms with van der Waals surface area (Å²) in [6.45, 7) is 1.63. The summed E-state index contributed by atoms with van der Waals surface area (Å²) in [5.74, 6) is 0.0990. The topological polar surface area (TPSA) is 57.7 Å². The van der Waals surface area contributed by atoms with Crippen LogP contribution in [0.3, 0.4) is 0 Å². The number of hydrogen-bond acceptors (Lipinski definition) is 4. The summed E-state index contributed by atoms with van der Waals surface area (Å²) in [5.41, 5.74) is 1.02. The van der Waals surface area contributed by atoms with Gasteiger partial charge in [-0.15, -0.1) is 11.3 Å². The highest BCUT2D eigenvalue weighted by Gasteiger charge is 2.29. The predicted octanol–water partition coefficient (Wildman–Crippen LogP) is 2.08. The summed E-state index contributed by atoms with van der Waals surface area (Å²) in [7, 11) is -3.29. The van der Waals surface area contributed by atoms with E-state index in [-0.39, 0.29) is 11.7 Å². The summed E-state index contributed by atoms with van der Waals surface area (Å²) in [5, 5.41) is 1.87. The maximum absolute atomic E-state index is 12.5. The van der Waals surface area contributed by atoms with E-state index in [1.54, 1.807) is 11.0 Å². The van der Waals surface area contributed by atoms with Gasteiger partial charge in [-0.25, -0.2) is 8.42 Å². The van der Waals surface area contributed by atoms with E-state index < -0.39 is 10.0 Å². The van der Waals surface area contributed by atoms with Gasteiger partial charge in [0.25, 0.3) is 5.91 Å². The molecule has 24 heavy (non-hydrogen) atoms. The van der Waals surface area contributed by atoms with Crippen LogP contribution in [0.4, 0.5) is 0 Å². The van der Waals surface area contributed by atoms with Gasteiger partial charge in [0, 0.05) is 26.2 Å². The van der Waals surface area contributed by atoms with E-state index in [1.807, 2.05) is 41.8 Å². The Morgan fingerprint density at radius 3 is 2.33 bits per heavy atom. The lowest BCUT2D eigenvalue weighted by Crippen LogP contribution is -2.51. The van der Waals surface area contributed by atoms with Crippen LogP contribution in [0.5, 0.6) is 0 Å². The van der Waals surface area contributed by atoms with Gasteiger partial charge in [-0.05, 0) is 23.4 Å². The van der Waals surface area contributed by atoms with Crippen LogP contribution in [0, 0.1) is 0 Å². The van der Waals surface area contributed by atoms with Gasteiger partial charge >= 0.3 is 0 Å². The summed E-state index contributed by atoms with van der Waals surface area (Å²) >= 11 is 1.41. The maximum atomic E-state index is 12.5. The maximum Gasteiger partial charge on any atom is 0.264 e. The molecule has 1 saturated heterocycles. The Hall–Kier alpha value is -1.70. The number of thiophene rings is 1. The van der Waals surface area contributed by atoms with Crippen LogP contribution in [0.1, 0.15) is 15.2 Å². The zero-order valence-corrected chi connectivity index (χ0v) is 14.9. The van der Waals surface area contributed by atoms with E-state index in [0.717, 1.165) is 5.56 Å². The number of carbonyl (C=O) groups is 1. The number of piperazine rings is 1. The Morgan fingerprint density at radius 1 is 1.00 bits per heavy atom. The fourth-order valence-electron chi connectivity index (χ4n) is 2.75. The van der Waals surface area contributed by atoms with E-state index >= 15 is 0 Å². The van der Waals surface area contributed by atoms with Gasteiger partial charge in [0.2, 0.25) is 10.0 Å². The molecule has 0 unspecified atom stereocenters. The van der Waals surface area contributed by atoms with Crippen LogP contribution in [-0.4, -0.2) is 55.5 Å². The molecular weight excluding hydrogens is 344 g/mol. The molecule has 1 amide bonds. The number of rotatable bonds is 5. The molecule has 0 spiro atoms.